The van der Waals surface area contributed by atoms with Gasteiger partial charge in [-0.15, -0.1) is 0 Å². The number of carbonyl (C=O) groups is 2. The molecule has 0 spiro atoms. The van der Waals surface area contributed by atoms with E-state index in [0.717, 1.165) is 106 Å². The first kappa shape index (κ1) is 45.9. The Morgan fingerprint density at radius 1 is 0.574 bits per heavy atom. The number of aromatic amines is 1. The van der Waals surface area contributed by atoms with Gasteiger partial charge in [-0.25, -0.2) is 4.68 Å². The molecule has 3 N–H and O–H groups in total. The molecule has 2 aromatic carbocycles. The Kier molecular flexibility index (Phi) is 13.7. The van der Waals surface area contributed by atoms with Crippen molar-refractivity contribution in [1.82, 2.24) is 64.4 Å². The molecule has 9 rings (SSSR count). The maximum absolute atomic E-state index is 14.0. The molecule has 1 aliphatic heterocycles. The van der Waals surface area contributed by atoms with Crippen molar-refractivity contribution in [3.05, 3.63) is 144 Å². The van der Waals surface area contributed by atoms with Crippen molar-refractivity contribution in [3.63, 3.8) is 0 Å². The van der Waals surface area contributed by atoms with Crippen LogP contribution in [-0.4, -0.2) is 145 Å². The van der Waals surface area contributed by atoms with Gasteiger partial charge in [-0.05, 0) is 125 Å². The Balaban J connectivity index is 0.843. The van der Waals surface area contributed by atoms with Gasteiger partial charge in [0, 0.05) is 99.0 Å². The third-order valence-corrected chi connectivity index (χ3v) is 11.8. The zero-order valence-electron chi connectivity index (χ0n) is 39.4. The predicted molar refractivity (Wildman–Crippen MR) is 266 cm³/mol. The number of piperazine rings is 1. The second-order valence-corrected chi connectivity index (χ2v) is 18.3. The quantitative estimate of drug-likeness (QED) is 0.0989. The van der Waals surface area contributed by atoms with E-state index in [2.05, 4.69) is 84.5 Å². The fourth-order valence-corrected chi connectivity index (χ4v) is 8.59. The van der Waals surface area contributed by atoms with E-state index in [4.69, 9.17) is 10.1 Å². The molecule has 0 aliphatic carbocycles. The van der Waals surface area contributed by atoms with Crippen molar-refractivity contribution >= 4 is 45.0 Å². The minimum Gasteiger partial charge on any atom is -0.319 e. The van der Waals surface area contributed by atoms with Gasteiger partial charge in [0.25, 0.3) is 11.8 Å². The van der Waals surface area contributed by atoms with Crippen LogP contribution in [-0.2, 0) is 32.8 Å². The Hall–Kier alpha value is -7.28. The molecule has 1 saturated heterocycles. The minimum atomic E-state index is -0.317. The van der Waals surface area contributed by atoms with Crippen LogP contribution in [0.25, 0.3) is 44.1 Å². The van der Waals surface area contributed by atoms with Gasteiger partial charge in [-0.2, -0.15) is 10.2 Å². The van der Waals surface area contributed by atoms with E-state index in [1.54, 1.807) is 12.4 Å². The molecule has 0 atom stereocenters. The smallest absolute Gasteiger partial charge is 0.276 e. The van der Waals surface area contributed by atoms with E-state index in [0.29, 0.717) is 42.5 Å². The van der Waals surface area contributed by atoms with Crippen LogP contribution in [0.2, 0.25) is 0 Å². The highest BCUT2D eigenvalue weighted by atomic mass is 16.2. The SMILES string of the molecule is CN(C)Cc1cncc(-c2ccc3[nH]nc(C(=O)Nc4ccc(CN5CCN(Cn6nc(C(=O)Nc7ccc(CN(C)C)nc7)c7cc(-c8cncc(CN(C)C)c8)ccc76)CC5)nc4)c3c2)c1. The van der Waals surface area contributed by atoms with E-state index in [1.807, 2.05) is 120 Å². The van der Waals surface area contributed by atoms with Gasteiger partial charge < -0.3 is 25.3 Å². The number of rotatable bonds is 16. The highest BCUT2D eigenvalue weighted by Gasteiger charge is 2.23. The molecule has 1 aliphatic rings. The van der Waals surface area contributed by atoms with Crippen LogP contribution < -0.4 is 10.6 Å². The maximum atomic E-state index is 14.0. The lowest BCUT2D eigenvalue weighted by Crippen LogP contribution is -2.46. The number of aromatic nitrogens is 8. The van der Waals surface area contributed by atoms with Crippen LogP contribution in [0.3, 0.4) is 0 Å². The fraction of sp³-hybridized carbons (Fsp3) is 0.294. The number of anilines is 2. The normalized spacial score (nSPS) is 13.6. The van der Waals surface area contributed by atoms with Crippen LogP contribution in [0.1, 0.15) is 43.5 Å². The number of carbonyl (C=O) groups excluding carboxylic acids is 2. The van der Waals surface area contributed by atoms with Gasteiger partial charge in [-0.1, -0.05) is 12.1 Å². The van der Waals surface area contributed by atoms with Gasteiger partial charge in [0.05, 0.1) is 52.9 Å². The zero-order valence-corrected chi connectivity index (χ0v) is 39.4. The number of hydrogen-bond donors (Lipinski definition) is 3. The zero-order chi connectivity index (χ0) is 47.3. The first-order valence-electron chi connectivity index (χ1n) is 22.7. The van der Waals surface area contributed by atoms with Gasteiger partial charge in [0.15, 0.2) is 11.4 Å². The summed E-state index contributed by atoms with van der Waals surface area (Å²) >= 11 is 0. The van der Waals surface area contributed by atoms with Gasteiger partial charge in [0.1, 0.15) is 0 Å². The topological polar surface area (TPSA) is 172 Å². The Bertz CT molecular complexity index is 3040. The molecular weight excluding hydrogens is 855 g/mol. The van der Waals surface area contributed by atoms with E-state index in [-0.39, 0.29) is 11.8 Å². The fourth-order valence-electron chi connectivity index (χ4n) is 8.59. The second-order valence-electron chi connectivity index (χ2n) is 18.3. The standard InChI is InChI=1S/C51H57N15O2/c1-61(2)29-34-19-38(25-52-23-34)36-7-13-46-44(21-36)48(59-58-46)50(67)56-40-10-12-43(55-28-40)32-64-15-17-65(18-16-64)33-66-47-14-8-37(39-20-35(24-53-26-39)30-62(3)4)22-45(47)49(60-66)51(68)57-41-9-11-42(54-27-41)31-63(5)6/h7-14,19-28H,15-18,29-33H2,1-6H3,(H,56,67)(H,57,68)(H,58,59). The molecule has 17 heteroatoms. The summed E-state index contributed by atoms with van der Waals surface area (Å²) in [5, 5.41) is 19.8. The first-order chi connectivity index (χ1) is 32.9. The number of nitrogens with one attached hydrogen (secondary N) is 3. The first-order valence-corrected chi connectivity index (χ1v) is 22.7. The summed E-state index contributed by atoms with van der Waals surface area (Å²) in [5.74, 6) is -0.614. The van der Waals surface area contributed by atoms with Crippen molar-refractivity contribution in [2.45, 2.75) is 32.8 Å². The molecule has 348 valence electrons. The molecule has 0 bridgehead atoms. The van der Waals surface area contributed by atoms with E-state index >= 15 is 0 Å². The number of fused-ring (bicyclic) bond motifs is 2. The average Bonchev–Trinajstić information content (AvgIpc) is 3.92. The maximum Gasteiger partial charge on any atom is 0.276 e. The van der Waals surface area contributed by atoms with Crippen LogP contribution in [0.5, 0.6) is 0 Å². The van der Waals surface area contributed by atoms with Crippen molar-refractivity contribution in [2.75, 3.05) is 79.1 Å². The molecule has 6 aromatic heterocycles. The van der Waals surface area contributed by atoms with Crippen molar-refractivity contribution < 1.29 is 9.59 Å². The van der Waals surface area contributed by atoms with Crippen molar-refractivity contribution in [3.8, 4) is 22.3 Å². The largest absolute Gasteiger partial charge is 0.319 e. The number of H-pyrrole nitrogens is 1. The average molecular weight is 912 g/mol. The molecule has 17 nitrogen and oxygen atoms in total. The van der Waals surface area contributed by atoms with Gasteiger partial charge in [-0.3, -0.25) is 44.4 Å². The van der Waals surface area contributed by atoms with Crippen LogP contribution >= 0.6 is 0 Å². The van der Waals surface area contributed by atoms with Crippen LogP contribution in [0.4, 0.5) is 11.4 Å². The van der Waals surface area contributed by atoms with Crippen LogP contribution in [0, 0.1) is 0 Å². The third kappa shape index (κ3) is 10.9. The summed E-state index contributed by atoms with van der Waals surface area (Å²) in [5.41, 5.74) is 11.4. The van der Waals surface area contributed by atoms with Crippen molar-refractivity contribution in [1.29, 1.82) is 0 Å². The van der Waals surface area contributed by atoms with Gasteiger partial charge in [0.2, 0.25) is 0 Å². The molecule has 0 saturated carbocycles. The lowest BCUT2D eigenvalue weighted by molar-refractivity contribution is 0.0974. The number of pyridine rings is 4. The number of hydrogen-bond acceptors (Lipinski definition) is 13. The molecule has 0 radical (unpaired) electrons. The Morgan fingerprint density at radius 2 is 1.13 bits per heavy atom. The molecule has 8 aromatic rings. The molecular formula is C51H57N15O2. The summed E-state index contributed by atoms with van der Waals surface area (Å²) in [4.78, 5) is 56.7. The Labute approximate surface area is 395 Å². The molecule has 2 amide bonds. The van der Waals surface area contributed by atoms with E-state index in [9.17, 15) is 9.59 Å². The molecule has 1 fully saturated rings. The minimum absolute atomic E-state index is 0.296. The summed E-state index contributed by atoms with van der Waals surface area (Å²) in [7, 11) is 12.1. The lowest BCUT2D eigenvalue weighted by atomic mass is 10.0. The summed E-state index contributed by atoms with van der Waals surface area (Å²) in [6.45, 7) is 6.72. The second kappa shape index (κ2) is 20.3. The van der Waals surface area contributed by atoms with Crippen LogP contribution in [0.15, 0.2) is 110 Å². The van der Waals surface area contributed by atoms with Gasteiger partial charge >= 0.3 is 0 Å². The predicted octanol–water partition coefficient (Wildman–Crippen LogP) is 6.29. The monoisotopic (exact) mass is 911 g/mol. The molecule has 7 heterocycles. The number of nitrogens with zero attached hydrogens (tertiary/aromatic N) is 12. The highest BCUT2D eigenvalue weighted by molar-refractivity contribution is 6.12. The van der Waals surface area contributed by atoms with E-state index < -0.39 is 0 Å². The summed E-state index contributed by atoms with van der Waals surface area (Å²) in [6.07, 6.45) is 10.8. The summed E-state index contributed by atoms with van der Waals surface area (Å²) in [6, 6.07) is 24.0. The summed E-state index contributed by atoms with van der Waals surface area (Å²) < 4.78 is 1.94. The lowest BCUT2D eigenvalue weighted by Gasteiger charge is -2.34. The molecule has 68 heavy (non-hydrogen) atoms. The number of amides is 2. The van der Waals surface area contributed by atoms with Crippen molar-refractivity contribution in [2.24, 2.45) is 0 Å². The van der Waals surface area contributed by atoms with E-state index in [1.165, 1.54) is 0 Å². The Morgan fingerprint density at radius 3 is 1.72 bits per heavy atom. The third-order valence-electron chi connectivity index (χ3n) is 11.8. The highest BCUT2D eigenvalue weighted by Crippen LogP contribution is 2.29. The number of benzene rings is 2. The molecule has 0 unspecified atom stereocenters.